The van der Waals surface area contributed by atoms with Crippen molar-refractivity contribution in [3.05, 3.63) is 59.4 Å². The smallest absolute Gasteiger partial charge is 0.255 e. The highest BCUT2D eigenvalue weighted by molar-refractivity contribution is 5.93. The van der Waals surface area contributed by atoms with E-state index < -0.39 is 0 Å². The lowest BCUT2D eigenvalue weighted by atomic mass is 9.73. The molecule has 7 nitrogen and oxygen atoms in total. The molecule has 164 valence electrons. The Morgan fingerprint density at radius 2 is 1.94 bits per heavy atom. The first-order valence-corrected chi connectivity index (χ1v) is 11.1. The second kappa shape index (κ2) is 9.14. The van der Waals surface area contributed by atoms with Crippen LogP contribution in [0.25, 0.3) is 0 Å². The lowest BCUT2D eigenvalue weighted by Crippen LogP contribution is -2.44. The van der Waals surface area contributed by atoms with E-state index in [-0.39, 0.29) is 23.1 Å². The van der Waals surface area contributed by atoms with E-state index in [1.54, 1.807) is 12.3 Å². The van der Waals surface area contributed by atoms with E-state index in [4.69, 9.17) is 0 Å². The van der Waals surface area contributed by atoms with Crippen LogP contribution in [0, 0.1) is 0 Å². The Morgan fingerprint density at radius 3 is 2.65 bits per heavy atom. The first-order valence-electron chi connectivity index (χ1n) is 11.1. The lowest BCUT2D eigenvalue weighted by Gasteiger charge is -2.40. The van der Waals surface area contributed by atoms with Gasteiger partial charge in [-0.1, -0.05) is 24.3 Å². The molecule has 2 aromatic rings. The molecule has 7 heteroatoms. The number of aromatic nitrogens is 2. The minimum Gasteiger partial charge on any atom is -0.355 e. The third-order valence-electron chi connectivity index (χ3n) is 6.76. The quantitative estimate of drug-likeness (QED) is 0.774. The maximum Gasteiger partial charge on any atom is 0.255 e. The Balaban J connectivity index is 1.43. The fraction of sp³-hybridized carbons (Fsp3) is 0.500. The van der Waals surface area contributed by atoms with Crippen molar-refractivity contribution >= 4 is 11.8 Å². The highest BCUT2D eigenvalue weighted by atomic mass is 16.2. The van der Waals surface area contributed by atoms with Gasteiger partial charge in [-0.2, -0.15) is 10.2 Å². The van der Waals surface area contributed by atoms with Gasteiger partial charge in [-0.3, -0.25) is 9.59 Å². The molecule has 0 bridgehead atoms. The van der Waals surface area contributed by atoms with Gasteiger partial charge in [0.15, 0.2) is 0 Å². The summed E-state index contributed by atoms with van der Waals surface area (Å²) >= 11 is 0. The van der Waals surface area contributed by atoms with Crippen LogP contribution in [0.4, 0.5) is 0 Å². The van der Waals surface area contributed by atoms with Crippen molar-refractivity contribution in [2.45, 2.75) is 37.0 Å². The van der Waals surface area contributed by atoms with Gasteiger partial charge >= 0.3 is 0 Å². The summed E-state index contributed by atoms with van der Waals surface area (Å²) in [6.07, 6.45) is 6.44. The third kappa shape index (κ3) is 4.61. The number of nitrogens with zero attached hydrogens (tertiary/aromatic N) is 4. The van der Waals surface area contributed by atoms with Gasteiger partial charge in [0.2, 0.25) is 5.91 Å². The summed E-state index contributed by atoms with van der Waals surface area (Å²) in [6.45, 7) is 2.95. The highest BCUT2D eigenvalue weighted by Gasteiger charge is 2.46. The molecule has 1 atom stereocenters. The van der Waals surface area contributed by atoms with Gasteiger partial charge < -0.3 is 15.1 Å². The number of nitrogens with one attached hydrogen (secondary N) is 1. The molecule has 0 radical (unpaired) electrons. The summed E-state index contributed by atoms with van der Waals surface area (Å²) in [4.78, 5) is 29.4. The molecular weight excluding hydrogens is 390 g/mol. The van der Waals surface area contributed by atoms with Crippen molar-refractivity contribution in [1.82, 2.24) is 25.3 Å². The van der Waals surface area contributed by atoms with Gasteiger partial charge in [-0.05, 0) is 61.9 Å². The first-order chi connectivity index (χ1) is 15.0. The van der Waals surface area contributed by atoms with Crippen molar-refractivity contribution in [3.63, 3.8) is 0 Å². The molecule has 2 heterocycles. The van der Waals surface area contributed by atoms with E-state index in [1.807, 2.05) is 19.0 Å². The maximum absolute atomic E-state index is 12.8. The Hall–Kier alpha value is -2.80. The van der Waals surface area contributed by atoms with E-state index in [9.17, 15) is 9.59 Å². The van der Waals surface area contributed by atoms with Crippen LogP contribution in [0.5, 0.6) is 0 Å². The van der Waals surface area contributed by atoms with Crippen LogP contribution in [-0.2, 0) is 10.2 Å². The molecule has 4 rings (SSSR count). The standard InChI is InChI=1S/C24H31N5O2/c1-28(2)14-11-25-22(30)15-19-16-24(21-6-4-3-5-20(19)21)8-12-29(13-9-24)23(31)18-7-10-26-27-17-18/h3-7,10,17,19H,8-9,11-16H2,1-2H3,(H,25,30)/t19-/m1/s1. The van der Waals surface area contributed by atoms with Gasteiger partial charge in [-0.15, -0.1) is 0 Å². The van der Waals surface area contributed by atoms with Crippen molar-refractivity contribution in [2.24, 2.45) is 0 Å². The Bertz CT molecular complexity index is 923. The van der Waals surface area contributed by atoms with Crippen LogP contribution in [0.1, 0.15) is 53.1 Å². The van der Waals surface area contributed by atoms with Crippen LogP contribution in [0.2, 0.25) is 0 Å². The fourth-order valence-corrected chi connectivity index (χ4v) is 5.14. The summed E-state index contributed by atoms with van der Waals surface area (Å²) in [5, 5.41) is 10.6. The number of likely N-dealkylation sites (N-methyl/N-ethyl adjacent to an activating group) is 1. The van der Waals surface area contributed by atoms with E-state index in [0.717, 1.165) is 38.9 Å². The topological polar surface area (TPSA) is 78.4 Å². The molecule has 1 aromatic carbocycles. The molecule has 0 saturated carbocycles. The highest BCUT2D eigenvalue weighted by Crippen LogP contribution is 2.52. The van der Waals surface area contributed by atoms with E-state index in [0.29, 0.717) is 18.5 Å². The van der Waals surface area contributed by atoms with Gasteiger partial charge in [0, 0.05) is 32.6 Å². The average molecular weight is 422 g/mol. The predicted molar refractivity (Wildman–Crippen MR) is 119 cm³/mol. The Morgan fingerprint density at radius 1 is 1.16 bits per heavy atom. The molecule has 1 aromatic heterocycles. The van der Waals surface area contributed by atoms with Crippen LogP contribution in [0.3, 0.4) is 0 Å². The molecule has 2 amide bonds. The summed E-state index contributed by atoms with van der Waals surface area (Å²) < 4.78 is 0. The zero-order chi connectivity index (χ0) is 21.8. The Labute approximate surface area is 183 Å². The number of hydrogen-bond donors (Lipinski definition) is 1. The minimum absolute atomic E-state index is 0.0212. The molecule has 0 unspecified atom stereocenters. The molecule has 1 spiro atoms. The number of likely N-dealkylation sites (tertiary alicyclic amines) is 1. The summed E-state index contributed by atoms with van der Waals surface area (Å²) in [5.41, 5.74) is 3.32. The molecule has 2 aliphatic rings. The van der Waals surface area contributed by atoms with Gasteiger partial charge in [0.25, 0.3) is 5.91 Å². The molecular formula is C24H31N5O2. The number of benzene rings is 1. The van der Waals surface area contributed by atoms with E-state index in [2.05, 4.69) is 44.7 Å². The zero-order valence-corrected chi connectivity index (χ0v) is 18.4. The normalized spacial score (nSPS) is 19.5. The van der Waals surface area contributed by atoms with Gasteiger partial charge in [0.05, 0.1) is 18.0 Å². The number of piperidine rings is 1. The predicted octanol–water partition coefficient (Wildman–Crippen LogP) is 2.21. The van der Waals surface area contributed by atoms with Crippen LogP contribution >= 0.6 is 0 Å². The van der Waals surface area contributed by atoms with Crippen molar-refractivity contribution < 1.29 is 9.59 Å². The molecule has 1 saturated heterocycles. The molecule has 1 aliphatic carbocycles. The molecule has 31 heavy (non-hydrogen) atoms. The summed E-state index contributed by atoms with van der Waals surface area (Å²) in [6, 6.07) is 10.3. The lowest BCUT2D eigenvalue weighted by molar-refractivity contribution is -0.121. The van der Waals surface area contributed by atoms with Crippen LogP contribution in [0.15, 0.2) is 42.7 Å². The SMILES string of the molecule is CN(C)CCNC(=O)C[C@@H]1CC2(CCN(C(=O)c3ccnnc3)CC2)c2ccccc21. The number of rotatable bonds is 6. The van der Waals surface area contributed by atoms with Crippen LogP contribution in [-0.4, -0.2) is 72.1 Å². The number of fused-ring (bicyclic) bond motifs is 2. The summed E-state index contributed by atoms with van der Waals surface area (Å²) in [5.74, 6) is 0.381. The van der Waals surface area contributed by atoms with Crippen LogP contribution < -0.4 is 5.32 Å². The monoisotopic (exact) mass is 421 g/mol. The largest absolute Gasteiger partial charge is 0.355 e. The second-order valence-corrected chi connectivity index (χ2v) is 9.05. The van der Waals surface area contributed by atoms with Crippen molar-refractivity contribution in [3.8, 4) is 0 Å². The van der Waals surface area contributed by atoms with Gasteiger partial charge in [0.1, 0.15) is 0 Å². The number of hydrogen-bond acceptors (Lipinski definition) is 5. The minimum atomic E-state index is 0.0212. The van der Waals surface area contributed by atoms with E-state index >= 15 is 0 Å². The number of carbonyl (C=O) groups is 2. The first kappa shape index (κ1) is 21.4. The summed E-state index contributed by atoms with van der Waals surface area (Å²) in [7, 11) is 4.01. The number of carbonyl (C=O) groups excluding carboxylic acids is 2. The van der Waals surface area contributed by atoms with Gasteiger partial charge in [-0.25, -0.2) is 0 Å². The average Bonchev–Trinajstić information content (AvgIpc) is 3.07. The molecule has 1 N–H and O–H groups in total. The van der Waals surface area contributed by atoms with Crippen molar-refractivity contribution in [2.75, 3.05) is 40.3 Å². The van der Waals surface area contributed by atoms with E-state index in [1.165, 1.54) is 17.3 Å². The third-order valence-corrected chi connectivity index (χ3v) is 6.76. The zero-order valence-electron chi connectivity index (χ0n) is 18.4. The van der Waals surface area contributed by atoms with Crippen molar-refractivity contribution in [1.29, 1.82) is 0 Å². The molecule has 1 aliphatic heterocycles. The number of amides is 2. The second-order valence-electron chi connectivity index (χ2n) is 9.05. The fourth-order valence-electron chi connectivity index (χ4n) is 5.14. The Kier molecular flexibility index (Phi) is 6.32. The maximum atomic E-state index is 12.8. The molecule has 1 fully saturated rings.